The average molecular weight is 363 g/mol. The Bertz CT molecular complexity index is 688. The SMILES string of the molecule is Cl.Clc1ccc2c(c1N1CCCC1c1ccccc1)CCNCC2. The highest BCUT2D eigenvalue weighted by molar-refractivity contribution is 6.33. The largest absolute Gasteiger partial charge is 0.363 e. The third-order valence-electron chi connectivity index (χ3n) is 5.18. The predicted molar refractivity (Wildman–Crippen MR) is 105 cm³/mol. The van der Waals surface area contributed by atoms with E-state index in [1.54, 1.807) is 0 Å². The summed E-state index contributed by atoms with van der Waals surface area (Å²) < 4.78 is 0. The molecule has 0 amide bonds. The molecule has 0 radical (unpaired) electrons. The van der Waals surface area contributed by atoms with Crippen LogP contribution < -0.4 is 10.2 Å². The topological polar surface area (TPSA) is 15.3 Å². The molecule has 2 aromatic rings. The Morgan fingerprint density at radius 3 is 2.62 bits per heavy atom. The number of anilines is 1. The molecule has 4 heteroatoms. The maximum Gasteiger partial charge on any atom is 0.0642 e. The van der Waals surface area contributed by atoms with Crippen molar-refractivity contribution in [3.63, 3.8) is 0 Å². The first kappa shape index (κ1) is 17.6. The standard InChI is InChI=1S/C20H23ClN2.ClH/c21-18-9-8-15-10-12-22-13-11-17(15)20(18)23-14-4-7-19(23)16-5-2-1-3-6-16;/h1-3,5-6,8-9,19,22H,4,7,10-14H2;1H. The summed E-state index contributed by atoms with van der Waals surface area (Å²) in [6, 6.07) is 15.7. The van der Waals surface area contributed by atoms with Gasteiger partial charge in [0.1, 0.15) is 0 Å². The lowest BCUT2D eigenvalue weighted by molar-refractivity contribution is 0.703. The lowest BCUT2D eigenvalue weighted by Crippen LogP contribution is -2.25. The van der Waals surface area contributed by atoms with E-state index in [4.69, 9.17) is 11.6 Å². The molecule has 1 saturated heterocycles. The second kappa shape index (κ2) is 7.77. The van der Waals surface area contributed by atoms with Crippen LogP contribution in [0.2, 0.25) is 5.02 Å². The second-order valence-corrected chi connectivity index (χ2v) is 6.95. The summed E-state index contributed by atoms with van der Waals surface area (Å²) in [6.07, 6.45) is 4.62. The van der Waals surface area contributed by atoms with Gasteiger partial charge in [-0.05, 0) is 61.5 Å². The molecular weight excluding hydrogens is 339 g/mol. The summed E-state index contributed by atoms with van der Waals surface area (Å²) in [7, 11) is 0. The Morgan fingerprint density at radius 2 is 1.79 bits per heavy atom. The van der Waals surface area contributed by atoms with Gasteiger partial charge in [-0.25, -0.2) is 0 Å². The molecule has 24 heavy (non-hydrogen) atoms. The third kappa shape index (κ3) is 3.28. The Balaban J connectivity index is 0.00000169. The van der Waals surface area contributed by atoms with Crippen LogP contribution in [0.5, 0.6) is 0 Å². The summed E-state index contributed by atoms with van der Waals surface area (Å²) in [5.41, 5.74) is 5.63. The van der Waals surface area contributed by atoms with Crippen molar-refractivity contribution >= 4 is 29.7 Å². The van der Waals surface area contributed by atoms with E-state index in [0.29, 0.717) is 6.04 Å². The van der Waals surface area contributed by atoms with E-state index in [1.807, 2.05) is 0 Å². The number of halogens is 2. The Hall–Kier alpha value is -1.22. The molecule has 1 N–H and O–H groups in total. The lowest BCUT2D eigenvalue weighted by atomic mass is 9.98. The molecule has 2 aromatic carbocycles. The molecule has 2 nitrogen and oxygen atoms in total. The molecule has 0 spiro atoms. The van der Waals surface area contributed by atoms with Crippen molar-refractivity contribution in [1.82, 2.24) is 5.32 Å². The number of hydrogen-bond acceptors (Lipinski definition) is 2. The smallest absolute Gasteiger partial charge is 0.0642 e. The van der Waals surface area contributed by atoms with Crippen LogP contribution in [-0.4, -0.2) is 19.6 Å². The number of benzene rings is 2. The van der Waals surface area contributed by atoms with E-state index >= 15 is 0 Å². The van der Waals surface area contributed by atoms with Crippen LogP contribution >= 0.6 is 24.0 Å². The first-order valence-electron chi connectivity index (χ1n) is 8.67. The van der Waals surface area contributed by atoms with Crippen molar-refractivity contribution in [2.75, 3.05) is 24.5 Å². The van der Waals surface area contributed by atoms with Crippen LogP contribution in [-0.2, 0) is 12.8 Å². The van der Waals surface area contributed by atoms with Gasteiger partial charge in [0.05, 0.1) is 16.8 Å². The molecule has 0 saturated carbocycles. The second-order valence-electron chi connectivity index (χ2n) is 6.55. The van der Waals surface area contributed by atoms with E-state index in [-0.39, 0.29) is 12.4 Å². The highest BCUT2D eigenvalue weighted by Crippen LogP contribution is 2.42. The molecule has 2 aliphatic rings. The fraction of sp³-hybridized carbons (Fsp3) is 0.400. The Morgan fingerprint density at radius 1 is 1.00 bits per heavy atom. The van der Waals surface area contributed by atoms with Crippen molar-refractivity contribution < 1.29 is 0 Å². The molecule has 128 valence electrons. The van der Waals surface area contributed by atoms with Gasteiger partial charge in [-0.3, -0.25) is 0 Å². The monoisotopic (exact) mass is 362 g/mol. The lowest BCUT2D eigenvalue weighted by Gasteiger charge is -2.31. The van der Waals surface area contributed by atoms with E-state index < -0.39 is 0 Å². The van der Waals surface area contributed by atoms with Crippen molar-refractivity contribution in [2.24, 2.45) is 0 Å². The van der Waals surface area contributed by atoms with Crippen LogP contribution in [0.1, 0.15) is 35.6 Å². The summed E-state index contributed by atoms with van der Waals surface area (Å²) in [4.78, 5) is 2.56. The summed E-state index contributed by atoms with van der Waals surface area (Å²) in [6.45, 7) is 3.21. The third-order valence-corrected chi connectivity index (χ3v) is 5.48. The Kier molecular flexibility index (Phi) is 5.70. The van der Waals surface area contributed by atoms with Crippen LogP contribution in [0.15, 0.2) is 42.5 Å². The van der Waals surface area contributed by atoms with Gasteiger partial charge < -0.3 is 10.2 Å². The maximum absolute atomic E-state index is 6.69. The first-order chi connectivity index (χ1) is 11.3. The van der Waals surface area contributed by atoms with Gasteiger partial charge in [0.15, 0.2) is 0 Å². The zero-order valence-electron chi connectivity index (χ0n) is 13.8. The number of rotatable bonds is 2. The van der Waals surface area contributed by atoms with Gasteiger partial charge in [-0.15, -0.1) is 12.4 Å². The van der Waals surface area contributed by atoms with E-state index in [2.05, 4.69) is 52.7 Å². The van der Waals surface area contributed by atoms with Gasteiger partial charge in [0, 0.05) is 6.54 Å². The fourth-order valence-corrected chi connectivity index (χ4v) is 4.38. The minimum Gasteiger partial charge on any atom is -0.363 e. The van der Waals surface area contributed by atoms with Crippen molar-refractivity contribution in [1.29, 1.82) is 0 Å². The van der Waals surface area contributed by atoms with E-state index in [1.165, 1.54) is 35.2 Å². The number of nitrogens with one attached hydrogen (secondary N) is 1. The molecule has 0 aliphatic carbocycles. The molecular formula is C20H24Cl2N2. The maximum atomic E-state index is 6.69. The molecule has 0 bridgehead atoms. The highest BCUT2D eigenvalue weighted by Gasteiger charge is 2.30. The summed E-state index contributed by atoms with van der Waals surface area (Å²) >= 11 is 6.69. The highest BCUT2D eigenvalue weighted by atomic mass is 35.5. The number of nitrogens with zero attached hydrogens (tertiary/aromatic N) is 1. The minimum absolute atomic E-state index is 0. The molecule has 4 rings (SSSR count). The molecule has 2 aliphatic heterocycles. The van der Waals surface area contributed by atoms with Crippen LogP contribution in [0.4, 0.5) is 5.69 Å². The molecule has 2 heterocycles. The molecule has 1 atom stereocenters. The molecule has 1 fully saturated rings. The first-order valence-corrected chi connectivity index (χ1v) is 9.05. The van der Waals surface area contributed by atoms with E-state index in [0.717, 1.165) is 37.5 Å². The van der Waals surface area contributed by atoms with Crippen LogP contribution in [0.3, 0.4) is 0 Å². The normalized spacial score (nSPS) is 20.2. The fourth-order valence-electron chi connectivity index (χ4n) is 4.09. The quantitative estimate of drug-likeness (QED) is 0.825. The van der Waals surface area contributed by atoms with Crippen molar-refractivity contribution in [2.45, 2.75) is 31.7 Å². The van der Waals surface area contributed by atoms with E-state index in [9.17, 15) is 0 Å². The van der Waals surface area contributed by atoms with Gasteiger partial charge in [0.25, 0.3) is 0 Å². The zero-order chi connectivity index (χ0) is 15.6. The minimum atomic E-state index is 0. The number of hydrogen-bond donors (Lipinski definition) is 1. The predicted octanol–water partition coefficient (Wildman–Crippen LogP) is 4.79. The number of fused-ring (bicyclic) bond motifs is 1. The van der Waals surface area contributed by atoms with Gasteiger partial charge in [-0.1, -0.05) is 48.0 Å². The summed E-state index contributed by atoms with van der Waals surface area (Å²) in [5.74, 6) is 0. The van der Waals surface area contributed by atoms with Crippen LogP contribution in [0.25, 0.3) is 0 Å². The average Bonchev–Trinajstić information content (AvgIpc) is 2.93. The zero-order valence-corrected chi connectivity index (χ0v) is 15.4. The Labute approximate surface area is 155 Å². The van der Waals surface area contributed by atoms with Crippen molar-refractivity contribution in [3.05, 3.63) is 64.2 Å². The van der Waals surface area contributed by atoms with Gasteiger partial charge in [0.2, 0.25) is 0 Å². The van der Waals surface area contributed by atoms with Crippen LogP contribution in [0, 0.1) is 0 Å². The van der Waals surface area contributed by atoms with Crippen molar-refractivity contribution in [3.8, 4) is 0 Å². The summed E-state index contributed by atoms with van der Waals surface area (Å²) in [5, 5.41) is 4.42. The van der Waals surface area contributed by atoms with Gasteiger partial charge >= 0.3 is 0 Å². The van der Waals surface area contributed by atoms with Gasteiger partial charge in [-0.2, -0.15) is 0 Å². The molecule has 0 aromatic heterocycles. The molecule has 1 unspecified atom stereocenters.